The zero-order chi connectivity index (χ0) is 53.7. The Balaban J connectivity index is 0.864. The monoisotopic (exact) mass is 1030 g/mol. The molecule has 2 heterocycles. The number of benzene rings is 12. The Morgan fingerprint density at radius 1 is 0.358 bits per heavy atom. The molecule has 2 heteroatoms. The number of hydrogen-bond acceptors (Lipinski definition) is 1. The summed E-state index contributed by atoms with van der Waals surface area (Å²) in [6.07, 6.45) is 2.23. The van der Waals surface area contributed by atoms with Gasteiger partial charge in [0.2, 0.25) is 0 Å². The number of aromatic nitrogens is 1. The minimum atomic E-state index is -0.537. The molecule has 3 aliphatic carbocycles. The highest BCUT2D eigenvalue weighted by Crippen LogP contribution is 2.65. The molecule has 12 aromatic carbocycles. The zero-order valence-corrected chi connectivity index (χ0v) is 45.6. The Kier molecular flexibility index (Phi) is 9.76. The molecule has 1 aromatic heterocycles. The van der Waals surface area contributed by atoms with Gasteiger partial charge in [-0.2, -0.15) is 0 Å². The fourth-order valence-corrected chi connectivity index (χ4v) is 15.6. The van der Waals surface area contributed by atoms with Crippen molar-refractivity contribution in [2.24, 2.45) is 0 Å². The van der Waals surface area contributed by atoms with E-state index in [2.05, 4.69) is 291 Å². The average Bonchev–Trinajstić information content (AvgIpc) is 1.82. The van der Waals surface area contributed by atoms with Crippen molar-refractivity contribution in [3.05, 3.63) is 322 Å². The average molecular weight is 1030 g/mol. The Hall–Kier alpha value is -9.76. The molecule has 2 spiro atoms. The molecule has 382 valence electrons. The van der Waals surface area contributed by atoms with Crippen LogP contribution in [0.3, 0.4) is 0 Å². The van der Waals surface area contributed by atoms with Crippen molar-refractivity contribution in [1.29, 1.82) is 0 Å². The van der Waals surface area contributed by atoms with Gasteiger partial charge in [-0.05, 0) is 181 Å². The molecule has 2 nitrogen and oxygen atoms in total. The van der Waals surface area contributed by atoms with Crippen LogP contribution in [-0.2, 0) is 17.3 Å². The van der Waals surface area contributed by atoms with Gasteiger partial charge < -0.3 is 9.47 Å². The van der Waals surface area contributed by atoms with E-state index in [9.17, 15) is 0 Å². The lowest BCUT2D eigenvalue weighted by Crippen LogP contribution is -2.33. The predicted molar refractivity (Wildman–Crippen MR) is 337 cm³/mol. The summed E-state index contributed by atoms with van der Waals surface area (Å²) in [5.41, 5.74) is 33.4. The standard InChI is InChI=1S/C79H56N2/c1-4-16-51-30-32-52(33-31-51)53-34-39-56(40-35-53)80(75-28-15-27-70-76(75)62-21-9-14-26-69(62)78(70)65-22-10-5-17-58(65)59-18-6-11-23-66(59)78)57-41-36-54(37-42-57)55-38-44-74-71(48-55)79(67-24-12-7-19-60(67)61-20-8-13-25-68(61)79)72-47-50(3)46-64-63-45-49(2)29-43-73(63)81(74)77(64)72/h5-15,17-48H,4,16H2,1-3H3. The van der Waals surface area contributed by atoms with Gasteiger partial charge in [0.15, 0.2) is 0 Å². The number of rotatable bonds is 7. The van der Waals surface area contributed by atoms with Gasteiger partial charge in [0.05, 0.1) is 33.2 Å². The summed E-state index contributed by atoms with van der Waals surface area (Å²) in [6, 6.07) is 99.8. The highest BCUT2D eigenvalue weighted by atomic mass is 15.1. The van der Waals surface area contributed by atoms with Crippen LogP contribution in [0.4, 0.5) is 17.1 Å². The van der Waals surface area contributed by atoms with Crippen LogP contribution in [0, 0.1) is 13.8 Å². The lowest BCUT2D eigenvalue weighted by atomic mass is 9.65. The summed E-state index contributed by atoms with van der Waals surface area (Å²) in [4.78, 5) is 2.51. The molecule has 0 atom stereocenters. The van der Waals surface area contributed by atoms with Gasteiger partial charge in [0, 0.05) is 27.7 Å². The van der Waals surface area contributed by atoms with Gasteiger partial charge in [-0.1, -0.05) is 225 Å². The second-order valence-corrected chi connectivity index (χ2v) is 23.1. The van der Waals surface area contributed by atoms with Crippen LogP contribution < -0.4 is 4.90 Å². The first-order valence-corrected chi connectivity index (χ1v) is 28.9. The van der Waals surface area contributed by atoms with Crippen LogP contribution in [0.1, 0.15) is 74.5 Å². The van der Waals surface area contributed by atoms with Gasteiger partial charge in [0.1, 0.15) is 0 Å². The van der Waals surface area contributed by atoms with Gasteiger partial charge in [-0.25, -0.2) is 0 Å². The van der Waals surface area contributed by atoms with Crippen LogP contribution in [0.15, 0.2) is 261 Å². The van der Waals surface area contributed by atoms with Crippen LogP contribution in [0.25, 0.3) is 83.1 Å². The zero-order valence-electron chi connectivity index (χ0n) is 45.6. The fraction of sp³-hybridized carbons (Fsp3) is 0.0886. The van der Waals surface area contributed by atoms with Crippen LogP contribution in [0.2, 0.25) is 0 Å². The molecule has 1 aliphatic heterocycles. The molecule has 13 aromatic rings. The van der Waals surface area contributed by atoms with Crippen molar-refractivity contribution >= 4 is 38.9 Å². The molecule has 0 unspecified atom stereocenters. The van der Waals surface area contributed by atoms with Crippen molar-refractivity contribution in [3.8, 4) is 61.3 Å². The number of hydrogen-bond donors (Lipinski definition) is 0. The SMILES string of the molecule is CCCc1ccc(-c2ccc(N(c3ccc(-c4ccc5c(c4)C4(c6ccccc6-c6ccccc64)c4cc(C)cc6c7cc(C)ccc7n-5c46)cc3)c3cccc4c3-c3ccccc3C43c4ccccc4-c4ccccc43)cc2)cc1. The quantitative estimate of drug-likeness (QED) is 0.154. The molecule has 0 bridgehead atoms. The Bertz CT molecular complexity index is 4690. The second kappa shape index (κ2) is 17.1. The van der Waals surface area contributed by atoms with Crippen molar-refractivity contribution in [1.82, 2.24) is 4.57 Å². The summed E-state index contributed by atoms with van der Waals surface area (Å²) in [5.74, 6) is 0. The van der Waals surface area contributed by atoms with E-state index in [4.69, 9.17) is 0 Å². The van der Waals surface area contributed by atoms with E-state index >= 15 is 0 Å². The molecular weight excluding hydrogens is 977 g/mol. The molecule has 81 heavy (non-hydrogen) atoms. The van der Waals surface area contributed by atoms with Crippen LogP contribution in [0.5, 0.6) is 0 Å². The van der Waals surface area contributed by atoms with E-state index in [0.717, 1.165) is 29.9 Å². The minimum Gasteiger partial charge on any atom is -0.310 e. The molecule has 17 rings (SSSR count). The Morgan fingerprint density at radius 3 is 1.40 bits per heavy atom. The molecule has 0 radical (unpaired) electrons. The lowest BCUT2D eigenvalue weighted by Gasteiger charge is -2.40. The number of fused-ring (bicyclic) bond motifs is 22. The van der Waals surface area contributed by atoms with Gasteiger partial charge >= 0.3 is 0 Å². The summed E-state index contributed by atoms with van der Waals surface area (Å²) in [5, 5.41) is 2.62. The highest BCUT2D eigenvalue weighted by Gasteiger charge is 2.53. The van der Waals surface area contributed by atoms with Crippen molar-refractivity contribution < 1.29 is 0 Å². The molecule has 0 saturated heterocycles. The van der Waals surface area contributed by atoms with Gasteiger partial charge in [-0.15, -0.1) is 0 Å². The summed E-state index contributed by atoms with van der Waals surface area (Å²) >= 11 is 0. The van der Waals surface area contributed by atoms with Gasteiger partial charge in [-0.3, -0.25) is 0 Å². The van der Waals surface area contributed by atoms with Gasteiger partial charge in [0.25, 0.3) is 0 Å². The summed E-state index contributed by atoms with van der Waals surface area (Å²) in [6.45, 7) is 6.74. The predicted octanol–water partition coefficient (Wildman–Crippen LogP) is 20.2. The Labute approximate surface area is 473 Å². The molecule has 0 saturated carbocycles. The first-order chi connectivity index (χ1) is 39.9. The third-order valence-electron chi connectivity index (χ3n) is 18.8. The topological polar surface area (TPSA) is 8.17 Å². The maximum atomic E-state index is 2.57. The molecule has 0 amide bonds. The van der Waals surface area contributed by atoms with E-state index in [-0.39, 0.29) is 0 Å². The van der Waals surface area contributed by atoms with Crippen molar-refractivity contribution in [2.75, 3.05) is 4.90 Å². The molecule has 0 N–H and O–H groups in total. The van der Waals surface area contributed by atoms with Crippen molar-refractivity contribution in [3.63, 3.8) is 0 Å². The van der Waals surface area contributed by atoms with E-state index in [1.54, 1.807) is 0 Å². The normalized spacial score (nSPS) is 13.9. The van der Waals surface area contributed by atoms with E-state index < -0.39 is 10.8 Å². The summed E-state index contributed by atoms with van der Waals surface area (Å²) < 4.78 is 2.57. The number of aryl methyl sites for hydroxylation is 3. The van der Waals surface area contributed by atoms with Crippen LogP contribution >= 0.6 is 0 Å². The maximum absolute atomic E-state index is 2.57. The van der Waals surface area contributed by atoms with E-state index in [1.165, 1.54) is 144 Å². The minimum absolute atomic E-state index is 0.459. The highest BCUT2D eigenvalue weighted by molar-refractivity contribution is 6.13. The first kappa shape index (κ1) is 46.2. The van der Waals surface area contributed by atoms with E-state index in [1.807, 2.05) is 0 Å². The second-order valence-electron chi connectivity index (χ2n) is 23.1. The van der Waals surface area contributed by atoms with E-state index in [0.29, 0.717) is 0 Å². The largest absolute Gasteiger partial charge is 0.310 e. The summed E-state index contributed by atoms with van der Waals surface area (Å²) in [7, 11) is 0. The fourth-order valence-electron chi connectivity index (χ4n) is 15.6. The number of nitrogens with zero attached hydrogens (tertiary/aromatic N) is 2. The molecular formula is C79H56N2. The Morgan fingerprint density at radius 2 is 0.827 bits per heavy atom. The number of anilines is 3. The molecule has 4 aliphatic rings. The molecule has 0 fully saturated rings. The third kappa shape index (κ3) is 6.17. The smallest absolute Gasteiger partial charge is 0.0754 e. The maximum Gasteiger partial charge on any atom is 0.0754 e. The van der Waals surface area contributed by atoms with Crippen molar-refractivity contribution in [2.45, 2.75) is 44.4 Å². The third-order valence-corrected chi connectivity index (χ3v) is 18.8. The lowest BCUT2D eigenvalue weighted by molar-refractivity contribution is 0.748. The first-order valence-electron chi connectivity index (χ1n) is 28.9. The van der Waals surface area contributed by atoms with Crippen LogP contribution in [-0.4, -0.2) is 4.57 Å².